The molecule has 2 aliphatic rings. The molecule has 11 nitrogen and oxygen atoms in total. The number of halogens is 4. The number of rotatable bonds is 14. The number of ether oxygens (including phenoxy) is 1. The van der Waals surface area contributed by atoms with Crippen LogP contribution in [0, 0.1) is 23.5 Å². The molecule has 50 heavy (non-hydrogen) atoms. The number of carbonyl (C=O) groups excluding carboxylic acids is 3. The number of aromatic nitrogens is 2. The molecule has 15 heteroatoms. The van der Waals surface area contributed by atoms with Crippen molar-refractivity contribution in [3.63, 3.8) is 0 Å². The molecule has 5 rings (SSSR count). The minimum Gasteiger partial charge on any atom is -0.432 e. The van der Waals surface area contributed by atoms with E-state index in [0.717, 1.165) is 63.9 Å². The molecule has 3 heterocycles. The van der Waals surface area contributed by atoms with Crippen LogP contribution < -0.4 is 26.0 Å². The third-order valence-electron chi connectivity index (χ3n) is 9.29. The summed E-state index contributed by atoms with van der Waals surface area (Å²) in [6, 6.07) is 6.77. The molecule has 3 aromatic rings. The minimum atomic E-state index is -3.33. The zero-order valence-electron chi connectivity index (χ0n) is 28.2. The molecule has 0 spiro atoms. The highest BCUT2D eigenvalue weighted by Gasteiger charge is 2.27. The molecular weight excluding hydrogens is 658 g/mol. The van der Waals surface area contributed by atoms with Gasteiger partial charge in [0.05, 0.1) is 11.9 Å². The maximum atomic E-state index is 14.7. The smallest absolute Gasteiger partial charge is 0.387 e. The molecule has 4 N–H and O–H groups in total. The van der Waals surface area contributed by atoms with Gasteiger partial charge >= 0.3 is 6.61 Å². The number of imidazole rings is 1. The standard InChI is InChI=1S/C35H43F4N7O4/c1-3-22-17-24(44-34(49)31-43-19-27(45(31)2)26-7-8-28(50-35(38)39)30(37)29(26)36)5-6-25(22)33(48)42-13-4-12-41-32(47)23-10-15-46(16-11-23)20-21-9-14-40-18-21/h5-8,17,19,21,23,35,40H,3-4,9-16,18,20H2,1-2H3,(H,41,47)(H,42,48)(H,44,49). The van der Waals surface area contributed by atoms with Crippen LogP contribution in [0.15, 0.2) is 36.5 Å². The zero-order valence-corrected chi connectivity index (χ0v) is 28.2. The summed E-state index contributed by atoms with van der Waals surface area (Å²) in [4.78, 5) is 45.2. The molecule has 0 radical (unpaired) electrons. The van der Waals surface area contributed by atoms with Crippen LogP contribution >= 0.6 is 0 Å². The fourth-order valence-corrected chi connectivity index (χ4v) is 6.51. The SMILES string of the molecule is CCc1cc(NC(=O)c2ncc(-c3ccc(OC(F)F)c(F)c3F)n2C)ccc1C(=O)NCCCNC(=O)C1CCN(CC2CCNC2)CC1. The van der Waals surface area contributed by atoms with Crippen LogP contribution in [0.5, 0.6) is 5.75 Å². The van der Waals surface area contributed by atoms with Crippen molar-refractivity contribution in [1.82, 2.24) is 30.4 Å². The minimum absolute atomic E-state index is 0.0236. The van der Waals surface area contributed by atoms with E-state index in [1.54, 1.807) is 18.2 Å². The summed E-state index contributed by atoms with van der Waals surface area (Å²) < 4.78 is 59.2. The fourth-order valence-electron chi connectivity index (χ4n) is 6.51. The van der Waals surface area contributed by atoms with Crippen LogP contribution in [0.3, 0.4) is 0 Å². The number of aryl methyl sites for hydroxylation is 1. The van der Waals surface area contributed by atoms with E-state index in [0.29, 0.717) is 48.7 Å². The summed E-state index contributed by atoms with van der Waals surface area (Å²) in [6.45, 7) is 4.55. The second-order valence-corrected chi connectivity index (χ2v) is 12.7. The van der Waals surface area contributed by atoms with E-state index in [1.807, 2.05) is 6.92 Å². The van der Waals surface area contributed by atoms with Gasteiger partial charge in [-0.1, -0.05) is 6.92 Å². The predicted molar refractivity (Wildman–Crippen MR) is 179 cm³/mol. The molecule has 0 saturated carbocycles. The first-order valence-electron chi connectivity index (χ1n) is 16.9. The van der Waals surface area contributed by atoms with Crippen molar-refractivity contribution in [2.75, 3.05) is 51.1 Å². The summed E-state index contributed by atoms with van der Waals surface area (Å²) in [5.41, 5.74) is 1.26. The molecule has 2 aliphatic heterocycles. The van der Waals surface area contributed by atoms with Gasteiger partial charge in [-0.25, -0.2) is 9.37 Å². The lowest BCUT2D eigenvalue weighted by Crippen LogP contribution is -2.42. The number of likely N-dealkylation sites (tertiary alicyclic amines) is 1. The summed E-state index contributed by atoms with van der Waals surface area (Å²) in [5, 5.41) is 12.0. The Kier molecular flexibility index (Phi) is 12.5. The number of nitrogens with zero attached hydrogens (tertiary/aromatic N) is 3. The number of amides is 3. The lowest BCUT2D eigenvalue weighted by molar-refractivity contribution is -0.126. The van der Waals surface area contributed by atoms with Gasteiger partial charge in [0.15, 0.2) is 17.4 Å². The van der Waals surface area contributed by atoms with Gasteiger partial charge in [-0.15, -0.1) is 0 Å². The second kappa shape index (κ2) is 16.9. The van der Waals surface area contributed by atoms with E-state index in [4.69, 9.17) is 0 Å². The highest BCUT2D eigenvalue weighted by molar-refractivity contribution is 6.03. The highest BCUT2D eigenvalue weighted by Crippen LogP contribution is 2.31. The van der Waals surface area contributed by atoms with E-state index in [1.165, 1.54) is 18.0 Å². The Labute approximate surface area is 288 Å². The summed E-state index contributed by atoms with van der Waals surface area (Å²) in [6.07, 6.45) is 5.19. The van der Waals surface area contributed by atoms with Crippen LogP contribution in [0.1, 0.15) is 59.1 Å². The molecule has 1 atom stereocenters. The third-order valence-corrected chi connectivity index (χ3v) is 9.29. The summed E-state index contributed by atoms with van der Waals surface area (Å²) >= 11 is 0. The van der Waals surface area contributed by atoms with E-state index in [9.17, 15) is 31.9 Å². The first-order chi connectivity index (χ1) is 24.0. The van der Waals surface area contributed by atoms with Crippen LogP contribution in [0.2, 0.25) is 0 Å². The van der Waals surface area contributed by atoms with Gasteiger partial charge in [0, 0.05) is 49.4 Å². The second-order valence-electron chi connectivity index (χ2n) is 12.7. The van der Waals surface area contributed by atoms with E-state index < -0.39 is 29.9 Å². The molecule has 2 fully saturated rings. The van der Waals surface area contributed by atoms with E-state index in [2.05, 4.69) is 35.9 Å². The van der Waals surface area contributed by atoms with E-state index >= 15 is 0 Å². The van der Waals surface area contributed by atoms with Crippen LogP contribution in [-0.4, -0.2) is 84.6 Å². The fraction of sp³-hybridized carbons (Fsp3) is 0.486. The van der Waals surface area contributed by atoms with Crippen molar-refractivity contribution in [3.05, 3.63) is 65.1 Å². The Morgan fingerprint density at radius 2 is 1.78 bits per heavy atom. The first-order valence-corrected chi connectivity index (χ1v) is 16.9. The highest BCUT2D eigenvalue weighted by atomic mass is 19.3. The predicted octanol–water partition coefficient (Wildman–Crippen LogP) is 4.34. The topological polar surface area (TPSA) is 130 Å². The molecule has 0 aliphatic carbocycles. The maximum absolute atomic E-state index is 14.7. The van der Waals surface area contributed by atoms with Gasteiger partial charge in [0.2, 0.25) is 11.7 Å². The molecule has 270 valence electrons. The quantitative estimate of drug-likeness (QED) is 0.146. The van der Waals surface area contributed by atoms with Gasteiger partial charge in [0.25, 0.3) is 11.8 Å². The molecule has 0 bridgehead atoms. The Hall–Kier alpha value is -4.50. The average Bonchev–Trinajstić information content (AvgIpc) is 3.76. The van der Waals surface area contributed by atoms with Gasteiger partial charge in [-0.2, -0.15) is 13.2 Å². The van der Waals surface area contributed by atoms with E-state index in [-0.39, 0.29) is 34.8 Å². The van der Waals surface area contributed by atoms with Crippen molar-refractivity contribution >= 4 is 23.4 Å². The Morgan fingerprint density at radius 1 is 1.02 bits per heavy atom. The van der Waals surface area contributed by atoms with Crippen molar-refractivity contribution in [2.45, 2.75) is 45.6 Å². The number of piperidine rings is 1. The number of anilines is 1. The molecule has 3 amide bonds. The molecular formula is C35H43F4N7O4. The number of hydrogen-bond donors (Lipinski definition) is 4. The van der Waals surface area contributed by atoms with Crippen molar-refractivity contribution < 1.29 is 36.7 Å². The van der Waals surface area contributed by atoms with Gasteiger partial charge in [-0.3, -0.25) is 14.4 Å². The van der Waals surface area contributed by atoms with Crippen LogP contribution in [0.25, 0.3) is 11.3 Å². The third kappa shape index (κ3) is 8.99. The maximum Gasteiger partial charge on any atom is 0.387 e. The Bertz CT molecular complexity index is 1670. The number of alkyl halides is 2. The van der Waals surface area contributed by atoms with Gasteiger partial charge in [0.1, 0.15) is 0 Å². The molecule has 2 aromatic carbocycles. The first kappa shape index (κ1) is 36.8. The number of carbonyl (C=O) groups is 3. The van der Waals surface area contributed by atoms with Crippen molar-refractivity contribution in [3.8, 4) is 17.0 Å². The Morgan fingerprint density at radius 3 is 2.48 bits per heavy atom. The summed E-state index contributed by atoms with van der Waals surface area (Å²) in [7, 11) is 1.42. The van der Waals surface area contributed by atoms with Crippen LogP contribution in [0.4, 0.5) is 23.2 Å². The van der Waals surface area contributed by atoms with Gasteiger partial charge < -0.3 is 35.5 Å². The number of hydrogen-bond acceptors (Lipinski definition) is 7. The monoisotopic (exact) mass is 701 g/mol. The summed E-state index contributed by atoms with van der Waals surface area (Å²) in [5.74, 6) is -4.20. The number of benzene rings is 2. The largest absolute Gasteiger partial charge is 0.432 e. The zero-order chi connectivity index (χ0) is 35.8. The lowest BCUT2D eigenvalue weighted by Gasteiger charge is -2.32. The average molecular weight is 702 g/mol. The van der Waals surface area contributed by atoms with Crippen LogP contribution in [-0.2, 0) is 18.3 Å². The Balaban J connectivity index is 1.08. The lowest BCUT2D eigenvalue weighted by atomic mass is 9.95. The molecule has 2 saturated heterocycles. The molecule has 1 aromatic heterocycles. The normalized spacial score (nSPS) is 16.8. The molecule has 1 unspecified atom stereocenters. The van der Waals surface area contributed by atoms with Crippen molar-refractivity contribution in [1.29, 1.82) is 0 Å². The van der Waals surface area contributed by atoms with Crippen molar-refractivity contribution in [2.24, 2.45) is 18.9 Å². The van der Waals surface area contributed by atoms with Gasteiger partial charge in [-0.05, 0) is 100 Å². The number of nitrogens with one attached hydrogen (secondary N) is 4.